The average Bonchev–Trinajstić information content (AvgIpc) is 3.70. The minimum absolute atomic E-state index is 0. The van der Waals surface area contributed by atoms with Crippen molar-refractivity contribution in [3.05, 3.63) is 95.2 Å². The van der Waals surface area contributed by atoms with Gasteiger partial charge in [0.25, 0.3) is 0 Å². The quantitative estimate of drug-likeness (QED) is 0.168. The zero-order valence-corrected chi connectivity index (χ0v) is 37.5. The molecule has 0 bridgehead atoms. The SMILES string of the molecule is CC(C)(C)C1=[C-]CC=C1.CC(C)(C)C1=[C-]CC=C1.CC(C)(C)C1=[C-]CC=C1.CC(C)(C)C1=[C-]CC=C1.Cl.Cl.[CH2]=[Hf+2].[CH2]=[Hf+2]. The van der Waals surface area contributed by atoms with Gasteiger partial charge in [-0.3, -0.25) is 24.3 Å². The summed E-state index contributed by atoms with van der Waals surface area (Å²) < 4.78 is 6.78. The van der Waals surface area contributed by atoms with Crippen LogP contribution in [0.3, 0.4) is 0 Å². The number of halogens is 2. The maximum atomic E-state index is 3.39. The topological polar surface area (TPSA) is 0 Å². The first-order valence-electron chi connectivity index (χ1n) is 14.2. The first-order valence-corrected chi connectivity index (χ1v) is 19.3. The molecule has 0 unspecified atom stereocenters. The molecule has 4 aliphatic carbocycles. The molecule has 0 aromatic rings. The van der Waals surface area contributed by atoms with E-state index < -0.39 is 0 Å². The third-order valence-electron chi connectivity index (χ3n) is 6.01. The van der Waals surface area contributed by atoms with Gasteiger partial charge in [0.1, 0.15) is 0 Å². The second-order valence-corrected chi connectivity index (χ2v) is 13.8. The molecule has 0 saturated carbocycles. The molecule has 0 atom stereocenters. The molecule has 0 heterocycles. The van der Waals surface area contributed by atoms with Gasteiger partial charge in [-0.15, -0.1) is 50.5 Å². The second-order valence-electron chi connectivity index (χ2n) is 13.8. The predicted molar refractivity (Wildman–Crippen MR) is 189 cm³/mol. The molecule has 0 saturated heterocycles. The van der Waals surface area contributed by atoms with E-state index in [1.165, 1.54) is 22.3 Å². The van der Waals surface area contributed by atoms with Crippen molar-refractivity contribution in [1.29, 1.82) is 0 Å². The first-order chi connectivity index (χ1) is 18.4. The molecule has 4 heteroatoms. The molecular weight excluding hydrogens is 884 g/mol. The first kappa shape index (κ1) is 48.9. The van der Waals surface area contributed by atoms with E-state index in [9.17, 15) is 0 Å². The van der Waals surface area contributed by atoms with Crippen LogP contribution in [-0.4, -0.2) is 8.52 Å². The Bertz CT molecular complexity index is 826. The summed E-state index contributed by atoms with van der Waals surface area (Å²) in [5.41, 5.74) is 6.59. The van der Waals surface area contributed by atoms with Crippen LogP contribution in [0.1, 0.15) is 109 Å². The standard InChI is InChI=1S/4C9H13.2CH2.2ClH.2Hf/c4*1-9(2,3)8-6-4-5-7-8;;;;;;/h4*4,6H,5H2,1-3H3;2*1H2;2*1H;;/q4*-1;;;;;2*+2. The van der Waals surface area contributed by atoms with Crippen LogP contribution in [0.5, 0.6) is 0 Å². The van der Waals surface area contributed by atoms with E-state index in [2.05, 4.69) is 165 Å². The van der Waals surface area contributed by atoms with Gasteiger partial charge in [-0.2, -0.15) is 24.3 Å². The van der Waals surface area contributed by atoms with Crippen LogP contribution in [0.25, 0.3) is 0 Å². The van der Waals surface area contributed by atoms with Gasteiger partial charge < -0.3 is 0 Å². The molecule has 0 aromatic carbocycles. The maximum absolute atomic E-state index is 3.39. The fourth-order valence-corrected chi connectivity index (χ4v) is 3.68. The van der Waals surface area contributed by atoms with Gasteiger partial charge >= 0.3 is 56.3 Å². The second kappa shape index (κ2) is 24.2. The zero-order chi connectivity index (χ0) is 31.6. The molecule has 0 aromatic heterocycles. The van der Waals surface area contributed by atoms with E-state index in [1.807, 2.05) is 0 Å². The van der Waals surface area contributed by atoms with Crippen LogP contribution in [0.2, 0.25) is 0 Å². The van der Waals surface area contributed by atoms with Crippen LogP contribution >= 0.6 is 24.8 Å². The van der Waals surface area contributed by atoms with Crippen molar-refractivity contribution in [2.75, 3.05) is 0 Å². The van der Waals surface area contributed by atoms with E-state index in [4.69, 9.17) is 0 Å². The summed E-state index contributed by atoms with van der Waals surface area (Å²) in [5.74, 6) is 0. The number of allylic oxidation sites excluding steroid dienone is 16. The van der Waals surface area contributed by atoms with Crippen molar-refractivity contribution < 1.29 is 47.8 Å². The van der Waals surface area contributed by atoms with Gasteiger partial charge in [-0.25, -0.2) is 46.6 Å². The van der Waals surface area contributed by atoms with Gasteiger partial charge in [0.05, 0.1) is 0 Å². The molecule has 0 nitrogen and oxygen atoms in total. The van der Waals surface area contributed by atoms with E-state index in [0.29, 0.717) is 21.7 Å². The third-order valence-corrected chi connectivity index (χ3v) is 6.01. The molecule has 4 rings (SSSR count). The van der Waals surface area contributed by atoms with Crippen molar-refractivity contribution in [2.24, 2.45) is 21.7 Å². The number of hydrogen-bond acceptors (Lipinski definition) is 0. The van der Waals surface area contributed by atoms with Crippen molar-refractivity contribution in [3.63, 3.8) is 0 Å². The molecule has 4 aliphatic rings. The summed E-state index contributed by atoms with van der Waals surface area (Å²) in [5, 5.41) is 0. The molecule has 0 N–H and O–H groups in total. The van der Waals surface area contributed by atoms with E-state index in [0.717, 1.165) is 73.5 Å². The van der Waals surface area contributed by atoms with E-state index >= 15 is 0 Å². The van der Waals surface area contributed by atoms with Gasteiger partial charge in [0.15, 0.2) is 0 Å². The van der Waals surface area contributed by atoms with E-state index in [1.54, 1.807) is 0 Å². The summed E-state index contributed by atoms with van der Waals surface area (Å²) in [6, 6.07) is 0. The summed E-state index contributed by atoms with van der Waals surface area (Å²) in [6.45, 7) is 26.6. The van der Waals surface area contributed by atoms with Crippen LogP contribution in [-0.2, 0) is 47.8 Å². The monoisotopic (exact) mass is 944 g/mol. The van der Waals surface area contributed by atoms with Crippen LogP contribution in [0.15, 0.2) is 70.9 Å². The van der Waals surface area contributed by atoms with Crippen molar-refractivity contribution in [1.82, 2.24) is 0 Å². The number of hydrogen-bond donors (Lipinski definition) is 0. The summed E-state index contributed by atoms with van der Waals surface area (Å²) in [4.78, 5) is 0. The normalized spacial score (nSPS) is 16.0. The van der Waals surface area contributed by atoms with E-state index in [-0.39, 0.29) is 24.8 Å². The fraction of sp³-hybridized carbons (Fsp3) is 0.526. The molecule has 0 aliphatic heterocycles. The Morgan fingerprint density at radius 3 is 0.595 bits per heavy atom. The Kier molecular flexibility index (Phi) is 28.2. The van der Waals surface area contributed by atoms with Crippen LogP contribution < -0.4 is 0 Å². The summed E-state index contributed by atoms with van der Waals surface area (Å²) in [7, 11) is 0. The number of rotatable bonds is 0. The Balaban J connectivity index is -0.000000217. The molecular formula is C38H58Cl2Hf2. The van der Waals surface area contributed by atoms with Crippen molar-refractivity contribution >= 4 is 33.3 Å². The Hall–Kier alpha value is -0.0197. The van der Waals surface area contributed by atoms with Crippen molar-refractivity contribution in [2.45, 2.75) is 109 Å². The third kappa shape index (κ3) is 22.5. The van der Waals surface area contributed by atoms with Gasteiger partial charge in [-0.1, -0.05) is 83.1 Å². The van der Waals surface area contributed by atoms with Gasteiger partial charge in [0.2, 0.25) is 0 Å². The van der Waals surface area contributed by atoms with Gasteiger partial charge in [-0.05, 0) is 21.7 Å². The average molecular weight is 943 g/mol. The molecule has 0 spiro atoms. The molecule has 42 heavy (non-hydrogen) atoms. The van der Waals surface area contributed by atoms with Gasteiger partial charge in [0, 0.05) is 0 Å². The molecule has 0 amide bonds. The Labute approximate surface area is 304 Å². The van der Waals surface area contributed by atoms with Crippen molar-refractivity contribution in [3.8, 4) is 0 Å². The zero-order valence-electron chi connectivity index (χ0n) is 28.7. The fourth-order valence-electron chi connectivity index (χ4n) is 3.68. The molecule has 0 fully saturated rings. The van der Waals surface area contributed by atoms with Crippen LogP contribution in [0, 0.1) is 46.0 Å². The minimum atomic E-state index is 0. The predicted octanol–water partition coefficient (Wildman–Crippen LogP) is 11.7. The Morgan fingerprint density at radius 1 is 0.405 bits per heavy atom. The molecule has 232 valence electrons. The molecule has 0 radical (unpaired) electrons. The summed E-state index contributed by atoms with van der Waals surface area (Å²) >= 11 is 2.11. The Morgan fingerprint density at radius 2 is 0.548 bits per heavy atom. The van der Waals surface area contributed by atoms with Crippen LogP contribution in [0.4, 0.5) is 0 Å². The summed E-state index contributed by atoms with van der Waals surface area (Å²) in [6.07, 6.45) is 34.5.